The fourth-order valence-electron chi connectivity index (χ4n) is 4.89. The number of nitrogens with zero attached hydrogens (tertiary/aromatic N) is 3. The van der Waals surface area contributed by atoms with E-state index in [9.17, 15) is 14.7 Å². The number of hydrogen-bond donors (Lipinski definition) is 2. The van der Waals surface area contributed by atoms with Crippen LogP contribution in [0.25, 0.3) is 0 Å². The smallest absolute Gasteiger partial charge is 0.329 e. The van der Waals surface area contributed by atoms with E-state index in [2.05, 4.69) is 10.3 Å². The number of urea groups is 1. The van der Waals surface area contributed by atoms with Gasteiger partial charge in [-0.1, -0.05) is 0 Å². The molecule has 0 radical (unpaired) electrons. The van der Waals surface area contributed by atoms with Gasteiger partial charge in [0.15, 0.2) is 23.1 Å². The molecule has 0 saturated heterocycles. The Hall–Kier alpha value is -3.47. The van der Waals surface area contributed by atoms with Gasteiger partial charge in [-0.15, -0.1) is 0 Å². The van der Waals surface area contributed by atoms with Crippen LogP contribution in [-0.2, 0) is 17.8 Å². The topological polar surface area (TPSA) is 104 Å². The molecule has 0 spiro atoms. The van der Waals surface area contributed by atoms with Crippen molar-refractivity contribution in [3.05, 3.63) is 35.0 Å². The van der Waals surface area contributed by atoms with Gasteiger partial charge in [-0.25, -0.2) is 18.6 Å². The highest BCUT2D eigenvalue weighted by Gasteiger charge is 2.45. The standard InChI is InChI=1S/C22H22F2N4O5/c1-32-14-7-15(33-2)18(24)20(17(14)23)27-9-10-8-25-21-11(6-16(30)26-21)19(10)28(22(27)31)12-4-3-5-13(12)29/h7-8,12-13,29H,3-6,9H2,1-2H3,(H,25,26,30). The zero-order valence-electron chi connectivity index (χ0n) is 18.0. The Kier molecular flexibility index (Phi) is 5.08. The number of aliphatic hydroxyl groups excluding tert-OH is 1. The van der Waals surface area contributed by atoms with Gasteiger partial charge in [0.05, 0.1) is 45.0 Å². The Morgan fingerprint density at radius 2 is 1.82 bits per heavy atom. The van der Waals surface area contributed by atoms with Crippen molar-refractivity contribution in [2.45, 2.75) is 44.4 Å². The predicted octanol–water partition coefficient (Wildman–Crippen LogP) is 2.73. The predicted molar refractivity (Wildman–Crippen MR) is 114 cm³/mol. The van der Waals surface area contributed by atoms with Crippen LogP contribution in [0.15, 0.2) is 12.3 Å². The Morgan fingerprint density at radius 1 is 1.12 bits per heavy atom. The Bertz CT molecular complexity index is 1150. The van der Waals surface area contributed by atoms with Crippen LogP contribution in [0.4, 0.5) is 30.8 Å². The maximum absolute atomic E-state index is 15.3. The molecule has 3 aliphatic rings. The van der Waals surface area contributed by atoms with Crippen molar-refractivity contribution >= 4 is 29.1 Å². The number of ether oxygens (including phenoxy) is 2. The molecule has 9 nitrogen and oxygen atoms in total. The number of nitrogens with one attached hydrogen (secondary N) is 1. The number of aliphatic hydroxyl groups is 1. The second-order valence-electron chi connectivity index (χ2n) is 8.25. The van der Waals surface area contributed by atoms with Crippen molar-refractivity contribution in [2.75, 3.05) is 29.3 Å². The van der Waals surface area contributed by atoms with Crippen LogP contribution in [0, 0.1) is 11.6 Å². The van der Waals surface area contributed by atoms with Gasteiger partial charge in [-0.3, -0.25) is 14.6 Å². The molecule has 1 aromatic carbocycles. The molecule has 2 unspecified atom stereocenters. The number of fused-ring (bicyclic) bond motifs is 3. The number of rotatable bonds is 4. The van der Waals surface area contributed by atoms with Gasteiger partial charge in [0.1, 0.15) is 11.5 Å². The average Bonchev–Trinajstić information content (AvgIpc) is 3.39. The first-order valence-electron chi connectivity index (χ1n) is 10.5. The molecule has 174 valence electrons. The largest absolute Gasteiger partial charge is 0.493 e. The summed E-state index contributed by atoms with van der Waals surface area (Å²) in [5, 5.41) is 13.3. The van der Waals surface area contributed by atoms with E-state index < -0.39 is 35.5 Å². The number of carbonyl (C=O) groups excluding carboxylic acids is 2. The van der Waals surface area contributed by atoms with Crippen molar-refractivity contribution in [2.24, 2.45) is 0 Å². The monoisotopic (exact) mass is 460 g/mol. The normalized spacial score (nSPS) is 21.7. The number of methoxy groups -OCH3 is 2. The first kappa shape index (κ1) is 21.4. The van der Waals surface area contributed by atoms with E-state index in [0.717, 1.165) is 11.0 Å². The zero-order valence-corrected chi connectivity index (χ0v) is 18.0. The van der Waals surface area contributed by atoms with Crippen molar-refractivity contribution in [1.29, 1.82) is 0 Å². The maximum atomic E-state index is 15.3. The van der Waals surface area contributed by atoms with Crippen LogP contribution in [0.2, 0.25) is 0 Å². The molecule has 5 rings (SSSR count). The Labute approximate surface area is 187 Å². The second-order valence-corrected chi connectivity index (χ2v) is 8.25. The summed E-state index contributed by atoms with van der Waals surface area (Å²) in [5.74, 6) is -2.58. The Morgan fingerprint density at radius 3 is 2.42 bits per heavy atom. The van der Waals surface area contributed by atoms with E-state index in [1.54, 1.807) is 0 Å². The van der Waals surface area contributed by atoms with E-state index in [1.807, 2.05) is 0 Å². The number of pyridine rings is 1. The lowest BCUT2D eigenvalue weighted by molar-refractivity contribution is -0.115. The number of benzene rings is 1. The van der Waals surface area contributed by atoms with E-state index in [1.165, 1.54) is 25.3 Å². The molecule has 2 aliphatic heterocycles. The third-order valence-corrected chi connectivity index (χ3v) is 6.42. The Balaban J connectivity index is 1.71. The van der Waals surface area contributed by atoms with E-state index >= 15 is 8.78 Å². The molecule has 11 heteroatoms. The minimum Gasteiger partial charge on any atom is -0.493 e. The molecular weight excluding hydrogens is 438 g/mol. The summed E-state index contributed by atoms with van der Waals surface area (Å²) in [6.07, 6.45) is 2.36. The molecular formula is C22H22F2N4O5. The number of amides is 3. The number of carbonyl (C=O) groups is 2. The summed E-state index contributed by atoms with van der Waals surface area (Å²) in [4.78, 5) is 32.4. The highest BCUT2D eigenvalue weighted by Crippen LogP contribution is 2.45. The van der Waals surface area contributed by atoms with Gasteiger partial charge in [0, 0.05) is 23.4 Å². The van der Waals surface area contributed by atoms with Crippen molar-refractivity contribution in [1.82, 2.24) is 4.98 Å². The summed E-state index contributed by atoms with van der Waals surface area (Å²) in [7, 11) is 2.45. The molecule has 33 heavy (non-hydrogen) atoms. The third kappa shape index (κ3) is 3.17. The van der Waals surface area contributed by atoms with E-state index in [4.69, 9.17) is 9.47 Å². The summed E-state index contributed by atoms with van der Waals surface area (Å²) in [5.41, 5.74) is 0.883. The van der Waals surface area contributed by atoms with E-state index in [0.29, 0.717) is 41.9 Å². The average molecular weight is 460 g/mol. The van der Waals surface area contributed by atoms with E-state index in [-0.39, 0.29) is 30.4 Å². The molecule has 2 atom stereocenters. The highest BCUT2D eigenvalue weighted by molar-refractivity contribution is 6.10. The summed E-state index contributed by atoms with van der Waals surface area (Å²) in [6, 6.07) is -0.255. The molecule has 1 fully saturated rings. The zero-order chi connectivity index (χ0) is 23.4. The molecule has 3 amide bonds. The van der Waals surface area contributed by atoms with Gasteiger partial charge >= 0.3 is 6.03 Å². The summed E-state index contributed by atoms with van der Waals surface area (Å²) < 4.78 is 40.6. The lowest BCUT2D eigenvalue weighted by Crippen LogP contribution is -2.55. The lowest BCUT2D eigenvalue weighted by atomic mass is 10.0. The molecule has 0 bridgehead atoms. The fraction of sp³-hybridized carbons (Fsp3) is 0.409. The third-order valence-electron chi connectivity index (χ3n) is 6.42. The van der Waals surface area contributed by atoms with Gasteiger partial charge in [0.25, 0.3) is 0 Å². The van der Waals surface area contributed by atoms with Crippen LogP contribution in [0.5, 0.6) is 11.5 Å². The quantitative estimate of drug-likeness (QED) is 0.727. The number of hydrogen-bond acceptors (Lipinski definition) is 6. The molecule has 1 saturated carbocycles. The van der Waals surface area contributed by atoms with Gasteiger partial charge in [0.2, 0.25) is 5.91 Å². The van der Waals surface area contributed by atoms with Crippen molar-refractivity contribution in [3.8, 4) is 11.5 Å². The fourth-order valence-corrected chi connectivity index (χ4v) is 4.89. The minimum atomic E-state index is -1.05. The first-order valence-corrected chi connectivity index (χ1v) is 10.5. The van der Waals surface area contributed by atoms with Crippen molar-refractivity contribution < 1.29 is 33.0 Å². The number of aromatic nitrogens is 1. The molecule has 3 heterocycles. The van der Waals surface area contributed by atoms with Crippen LogP contribution >= 0.6 is 0 Å². The van der Waals surface area contributed by atoms with Gasteiger partial charge < -0.3 is 19.9 Å². The summed E-state index contributed by atoms with van der Waals surface area (Å²) >= 11 is 0. The highest BCUT2D eigenvalue weighted by atomic mass is 19.1. The lowest BCUT2D eigenvalue weighted by Gasteiger charge is -2.42. The minimum absolute atomic E-state index is 0.0216. The first-order chi connectivity index (χ1) is 15.8. The van der Waals surface area contributed by atoms with Crippen LogP contribution < -0.4 is 24.6 Å². The second kappa shape index (κ2) is 7.84. The van der Waals surface area contributed by atoms with Gasteiger partial charge in [-0.2, -0.15) is 0 Å². The van der Waals surface area contributed by atoms with Gasteiger partial charge in [-0.05, 0) is 19.3 Å². The molecule has 1 aliphatic carbocycles. The molecule has 1 aromatic heterocycles. The SMILES string of the molecule is COc1cc(OC)c(F)c(N2Cc3cnc4c(c3N(C3CCCC3O)C2=O)CC(=O)N4)c1F. The van der Waals surface area contributed by atoms with Crippen LogP contribution in [-0.4, -0.2) is 48.4 Å². The maximum Gasteiger partial charge on any atom is 0.329 e. The molecule has 2 aromatic rings. The van der Waals surface area contributed by atoms with Crippen LogP contribution in [0.1, 0.15) is 30.4 Å². The van der Waals surface area contributed by atoms with Crippen molar-refractivity contribution in [3.63, 3.8) is 0 Å². The van der Waals surface area contributed by atoms with Crippen LogP contribution in [0.3, 0.4) is 0 Å². The number of halogens is 2. The number of anilines is 3. The summed E-state index contributed by atoms with van der Waals surface area (Å²) in [6.45, 7) is -0.188. The molecule has 2 N–H and O–H groups in total.